The number of hydrogen-bond acceptors (Lipinski definition) is 0. The lowest BCUT2D eigenvalue weighted by molar-refractivity contribution is 0.711. The van der Waals surface area contributed by atoms with Crippen LogP contribution in [0.15, 0.2) is 12.2 Å². The minimum Gasteiger partial charge on any atom is -0.134 e. The molecular formula is C8H17P. The Morgan fingerprint density at radius 3 is 2.00 bits per heavy atom. The van der Waals surface area contributed by atoms with Crippen molar-refractivity contribution >= 4 is 9.24 Å². The van der Waals surface area contributed by atoms with Gasteiger partial charge in [0.1, 0.15) is 0 Å². The van der Waals surface area contributed by atoms with Gasteiger partial charge in [0.25, 0.3) is 0 Å². The highest BCUT2D eigenvalue weighted by Gasteiger charge is 2.01. The second-order valence-electron chi connectivity index (χ2n) is 2.99. The summed E-state index contributed by atoms with van der Waals surface area (Å²) >= 11 is 0. The van der Waals surface area contributed by atoms with Crippen LogP contribution in [0.2, 0.25) is 0 Å². The highest BCUT2D eigenvalue weighted by molar-refractivity contribution is 7.17. The predicted octanol–water partition coefficient (Wildman–Crippen LogP) is 2.85. The quantitative estimate of drug-likeness (QED) is 0.422. The molecule has 1 heteroatoms. The molecule has 0 amide bonds. The van der Waals surface area contributed by atoms with E-state index in [0.717, 1.165) is 6.42 Å². The van der Waals surface area contributed by atoms with Crippen molar-refractivity contribution in [3.63, 3.8) is 0 Å². The Bertz CT molecular complexity index is 92.7. The number of hydrogen-bond donors (Lipinski definition) is 0. The molecule has 0 rings (SSSR count). The maximum absolute atomic E-state index is 3.98. The molecular weight excluding hydrogens is 127 g/mol. The van der Waals surface area contributed by atoms with Crippen molar-refractivity contribution < 1.29 is 0 Å². The second kappa shape index (κ2) is 4.06. The summed E-state index contributed by atoms with van der Waals surface area (Å²) in [7, 11) is 2.79. The van der Waals surface area contributed by atoms with E-state index in [1.807, 2.05) is 0 Å². The number of rotatable bonds is 3. The fourth-order valence-corrected chi connectivity index (χ4v) is 0.952. The molecule has 0 saturated heterocycles. The van der Waals surface area contributed by atoms with Crippen molar-refractivity contribution in [2.75, 3.05) is 0 Å². The van der Waals surface area contributed by atoms with Crippen molar-refractivity contribution in [2.24, 2.45) is 5.92 Å². The molecule has 0 fully saturated rings. The Morgan fingerprint density at radius 1 is 1.44 bits per heavy atom. The highest BCUT2D eigenvalue weighted by Crippen LogP contribution is 2.17. The SMILES string of the molecule is C=C(CC(C)P)C(C)C. The summed E-state index contributed by atoms with van der Waals surface area (Å²) in [4.78, 5) is 0. The summed E-state index contributed by atoms with van der Waals surface area (Å²) in [5.41, 5.74) is 2.04. The fourth-order valence-electron chi connectivity index (χ4n) is 0.649. The molecule has 9 heavy (non-hydrogen) atoms. The lowest BCUT2D eigenvalue weighted by Gasteiger charge is -2.10. The van der Waals surface area contributed by atoms with Crippen LogP contribution in [0.3, 0.4) is 0 Å². The summed E-state index contributed by atoms with van der Waals surface area (Å²) in [6.45, 7) is 10.6. The van der Waals surface area contributed by atoms with Gasteiger partial charge in [-0.25, -0.2) is 0 Å². The molecule has 0 aliphatic carbocycles. The first-order chi connectivity index (χ1) is 4.04. The Morgan fingerprint density at radius 2 is 1.89 bits per heavy atom. The van der Waals surface area contributed by atoms with Gasteiger partial charge in [-0.2, -0.15) is 0 Å². The van der Waals surface area contributed by atoms with Crippen LogP contribution < -0.4 is 0 Å². The smallest absolute Gasteiger partial charge is 0.0255 e. The summed E-state index contributed by atoms with van der Waals surface area (Å²) in [6, 6.07) is 0. The van der Waals surface area contributed by atoms with Crippen molar-refractivity contribution in [3.8, 4) is 0 Å². The maximum Gasteiger partial charge on any atom is -0.0255 e. The summed E-state index contributed by atoms with van der Waals surface area (Å²) < 4.78 is 0. The van der Waals surface area contributed by atoms with Gasteiger partial charge >= 0.3 is 0 Å². The molecule has 0 radical (unpaired) electrons. The zero-order valence-corrected chi connectivity index (χ0v) is 7.80. The molecule has 0 aliphatic rings. The van der Waals surface area contributed by atoms with Gasteiger partial charge in [-0.1, -0.05) is 32.9 Å². The summed E-state index contributed by atoms with van der Waals surface area (Å²) in [5.74, 6) is 0.646. The minimum absolute atomic E-state index is 0.646. The van der Waals surface area contributed by atoms with Gasteiger partial charge in [0, 0.05) is 0 Å². The molecule has 0 aromatic heterocycles. The van der Waals surface area contributed by atoms with Gasteiger partial charge in [0.05, 0.1) is 0 Å². The Hall–Kier alpha value is 0.170. The monoisotopic (exact) mass is 144 g/mol. The van der Waals surface area contributed by atoms with Crippen LogP contribution >= 0.6 is 9.24 Å². The molecule has 0 aromatic rings. The van der Waals surface area contributed by atoms with Crippen molar-refractivity contribution in [2.45, 2.75) is 32.9 Å². The molecule has 2 atom stereocenters. The van der Waals surface area contributed by atoms with Gasteiger partial charge in [-0.15, -0.1) is 9.24 Å². The Kier molecular flexibility index (Phi) is 4.14. The third-order valence-corrected chi connectivity index (χ3v) is 1.64. The molecule has 0 saturated carbocycles. The average Bonchev–Trinajstić information content (AvgIpc) is 1.63. The van der Waals surface area contributed by atoms with Crippen LogP contribution in [0, 0.1) is 5.92 Å². The number of allylic oxidation sites excluding steroid dienone is 1. The molecule has 0 aromatic carbocycles. The van der Waals surface area contributed by atoms with Gasteiger partial charge in [0.2, 0.25) is 0 Å². The topological polar surface area (TPSA) is 0 Å². The second-order valence-corrected chi connectivity index (χ2v) is 4.13. The fraction of sp³-hybridized carbons (Fsp3) is 0.750. The molecule has 2 unspecified atom stereocenters. The van der Waals surface area contributed by atoms with Crippen molar-refractivity contribution in [3.05, 3.63) is 12.2 Å². The van der Waals surface area contributed by atoms with Crippen LogP contribution in [0.5, 0.6) is 0 Å². The Labute approximate surface area is 60.9 Å². The van der Waals surface area contributed by atoms with E-state index in [1.165, 1.54) is 5.57 Å². The highest BCUT2D eigenvalue weighted by atomic mass is 31.0. The first-order valence-electron chi connectivity index (χ1n) is 3.47. The normalized spacial score (nSPS) is 13.9. The van der Waals surface area contributed by atoms with Crippen LogP contribution in [0.1, 0.15) is 27.2 Å². The molecule has 0 bridgehead atoms. The molecule has 0 aliphatic heterocycles. The van der Waals surface area contributed by atoms with E-state index in [0.29, 0.717) is 11.6 Å². The zero-order valence-electron chi connectivity index (χ0n) is 6.65. The van der Waals surface area contributed by atoms with Crippen LogP contribution in [-0.4, -0.2) is 5.66 Å². The lowest BCUT2D eigenvalue weighted by atomic mass is 10.0. The van der Waals surface area contributed by atoms with Crippen molar-refractivity contribution in [1.82, 2.24) is 0 Å². The average molecular weight is 144 g/mol. The molecule has 0 nitrogen and oxygen atoms in total. The predicted molar refractivity (Wildman–Crippen MR) is 47.8 cm³/mol. The first-order valence-corrected chi connectivity index (χ1v) is 4.14. The van der Waals surface area contributed by atoms with Gasteiger partial charge in [0.15, 0.2) is 0 Å². The van der Waals surface area contributed by atoms with Crippen LogP contribution in [0.4, 0.5) is 0 Å². The third-order valence-electron chi connectivity index (χ3n) is 1.40. The van der Waals surface area contributed by atoms with E-state index in [2.05, 4.69) is 36.6 Å². The molecule has 0 N–H and O–H groups in total. The standard InChI is InChI=1S/C8H17P/c1-6(2)7(3)5-8(4)9/h6,8H,3,5,9H2,1-2,4H3. The van der Waals surface area contributed by atoms with Gasteiger partial charge < -0.3 is 0 Å². The minimum atomic E-state index is 0.646. The third kappa shape index (κ3) is 4.66. The lowest BCUT2D eigenvalue weighted by Crippen LogP contribution is -1.98. The van der Waals surface area contributed by atoms with Crippen LogP contribution in [0.25, 0.3) is 0 Å². The largest absolute Gasteiger partial charge is 0.134 e. The van der Waals surface area contributed by atoms with E-state index in [1.54, 1.807) is 0 Å². The van der Waals surface area contributed by atoms with E-state index >= 15 is 0 Å². The molecule has 0 heterocycles. The summed E-state index contributed by atoms with van der Waals surface area (Å²) in [5, 5.41) is 0. The first kappa shape index (κ1) is 9.17. The van der Waals surface area contributed by atoms with E-state index in [-0.39, 0.29) is 0 Å². The maximum atomic E-state index is 3.98. The van der Waals surface area contributed by atoms with Crippen molar-refractivity contribution in [1.29, 1.82) is 0 Å². The van der Waals surface area contributed by atoms with Gasteiger partial charge in [-0.05, 0) is 18.0 Å². The molecule has 54 valence electrons. The zero-order chi connectivity index (χ0) is 7.44. The molecule has 0 spiro atoms. The summed E-state index contributed by atoms with van der Waals surface area (Å²) in [6.07, 6.45) is 1.14. The van der Waals surface area contributed by atoms with E-state index in [9.17, 15) is 0 Å². The van der Waals surface area contributed by atoms with E-state index < -0.39 is 0 Å². The van der Waals surface area contributed by atoms with Crippen LogP contribution in [-0.2, 0) is 0 Å². The van der Waals surface area contributed by atoms with E-state index in [4.69, 9.17) is 0 Å². The van der Waals surface area contributed by atoms with Gasteiger partial charge in [-0.3, -0.25) is 0 Å². The Balaban J connectivity index is 3.51.